The highest BCUT2D eigenvalue weighted by Crippen LogP contribution is 2.10. The number of benzene rings is 1. The molecular formula is C15H20ClN3. The summed E-state index contributed by atoms with van der Waals surface area (Å²) in [5, 5.41) is 4.28. The Balaban J connectivity index is 1.49. The SMILES string of the molecule is Clc1ccc(CCCNCCCn2ccnc2)cc1. The van der Waals surface area contributed by atoms with Crippen LogP contribution < -0.4 is 5.32 Å². The van der Waals surface area contributed by atoms with Crippen LogP contribution in [0.15, 0.2) is 43.0 Å². The summed E-state index contributed by atoms with van der Waals surface area (Å²) in [6.45, 7) is 3.15. The van der Waals surface area contributed by atoms with Gasteiger partial charge in [-0.25, -0.2) is 4.98 Å². The molecule has 0 aliphatic rings. The van der Waals surface area contributed by atoms with Crippen molar-refractivity contribution in [3.05, 3.63) is 53.6 Å². The van der Waals surface area contributed by atoms with Crippen LogP contribution in [0.2, 0.25) is 5.02 Å². The van der Waals surface area contributed by atoms with E-state index in [2.05, 4.69) is 27.0 Å². The van der Waals surface area contributed by atoms with Crippen molar-refractivity contribution in [1.82, 2.24) is 14.9 Å². The summed E-state index contributed by atoms with van der Waals surface area (Å²) in [5.41, 5.74) is 1.35. The zero-order valence-electron chi connectivity index (χ0n) is 11.1. The zero-order valence-corrected chi connectivity index (χ0v) is 11.8. The second-order valence-corrected chi connectivity index (χ2v) is 5.07. The molecule has 0 saturated heterocycles. The average Bonchev–Trinajstić information content (AvgIpc) is 2.93. The van der Waals surface area contributed by atoms with Crippen molar-refractivity contribution in [3.8, 4) is 0 Å². The van der Waals surface area contributed by atoms with Crippen LogP contribution in [-0.2, 0) is 13.0 Å². The van der Waals surface area contributed by atoms with E-state index in [-0.39, 0.29) is 0 Å². The summed E-state index contributed by atoms with van der Waals surface area (Å²) in [4.78, 5) is 4.02. The molecule has 0 unspecified atom stereocenters. The van der Waals surface area contributed by atoms with Gasteiger partial charge in [-0.1, -0.05) is 23.7 Å². The summed E-state index contributed by atoms with van der Waals surface area (Å²) < 4.78 is 2.11. The zero-order chi connectivity index (χ0) is 13.3. The molecule has 0 saturated carbocycles. The molecule has 1 aromatic heterocycles. The predicted octanol–water partition coefficient (Wildman–Crippen LogP) is 3.15. The standard InChI is InChI=1S/C15H20ClN3/c16-15-6-4-14(5-7-15)3-1-8-17-9-2-11-19-12-10-18-13-19/h4-7,10,12-13,17H,1-3,8-9,11H2. The van der Waals surface area contributed by atoms with E-state index < -0.39 is 0 Å². The van der Waals surface area contributed by atoms with Crippen LogP contribution in [0, 0.1) is 0 Å². The largest absolute Gasteiger partial charge is 0.337 e. The van der Waals surface area contributed by atoms with E-state index in [1.54, 1.807) is 0 Å². The van der Waals surface area contributed by atoms with Crippen LogP contribution in [0.4, 0.5) is 0 Å². The lowest BCUT2D eigenvalue weighted by molar-refractivity contribution is 0.571. The molecule has 1 heterocycles. The first kappa shape index (κ1) is 14.1. The van der Waals surface area contributed by atoms with E-state index in [1.807, 2.05) is 30.9 Å². The summed E-state index contributed by atoms with van der Waals surface area (Å²) in [5.74, 6) is 0. The third-order valence-electron chi connectivity index (χ3n) is 3.06. The third kappa shape index (κ3) is 5.45. The Kier molecular flexibility index (Phi) is 5.92. The quantitative estimate of drug-likeness (QED) is 0.751. The molecule has 1 aromatic carbocycles. The summed E-state index contributed by atoms with van der Waals surface area (Å²) in [6, 6.07) is 8.10. The van der Waals surface area contributed by atoms with E-state index in [1.165, 1.54) is 5.56 Å². The number of nitrogens with zero attached hydrogens (tertiary/aromatic N) is 2. The molecule has 0 aliphatic carbocycles. The number of hydrogen-bond acceptors (Lipinski definition) is 2. The number of hydrogen-bond donors (Lipinski definition) is 1. The molecule has 0 radical (unpaired) electrons. The highest BCUT2D eigenvalue weighted by Gasteiger charge is 1.94. The molecule has 1 N–H and O–H groups in total. The van der Waals surface area contributed by atoms with Crippen LogP contribution >= 0.6 is 11.6 Å². The van der Waals surface area contributed by atoms with Gasteiger partial charge in [0.05, 0.1) is 6.33 Å². The minimum atomic E-state index is 0.807. The lowest BCUT2D eigenvalue weighted by atomic mass is 10.1. The van der Waals surface area contributed by atoms with Gasteiger partial charge in [-0.3, -0.25) is 0 Å². The van der Waals surface area contributed by atoms with Crippen molar-refractivity contribution < 1.29 is 0 Å². The Bertz CT molecular complexity index is 451. The van der Waals surface area contributed by atoms with Gasteiger partial charge in [-0.2, -0.15) is 0 Å². The number of rotatable bonds is 8. The van der Waals surface area contributed by atoms with Crippen LogP contribution in [0.5, 0.6) is 0 Å². The molecule has 0 atom stereocenters. The smallest absolute Gasteiger partial charge is 0.0945 e. The fourth-order valence-corrected chi connectivity index (χ4v) is 2.13. The molecule has 0 spiro atoms. The third-order valence-corrected chi connectivity index (χ3v) is 3.31. The fourth-order valence-electron chi connectivity index (χ4n) is 2.00. The molecular weight excluding hydrogens is 258 g/mol. The Morgan fingerprint density at radius 2 is 1.89 bits per heavy atom. The first-order valence-corrected chi connectivity index (χ1v) is 7.13. The van der Waals surface area contributed by atoms with E-state index in [9.17, 15) is 0 Å². The molecule has 3 nitrogen and oxygen atoms in total. The van der Waals surface area contributed by atoms with Crippen molar-refractivity contribution >= 4 is 11.6 Å². The number of imidazole rings is 1. The summed E-state index contributed by atoms with van der Waals surface area (Å²) in [6.07, 6.45) is 9.08. The van der Waals surface area contributed by atoms with Crippen LogP contribution in [-0.4, -0.2) is 22.6 Å². The van der Waals surface area contributed by atoms with E-state index in [0.29, 0.717) is 0 Å². The molecule has 102 valence electrons. The van der Waals surface area contributed by atoms with Crippen molar-refractivity contribution in [2.45, 2.75) is 25.8 Å². The van der Waals surface area contributed by atoms with Gasteiger partial charge in [-0.05, 0) is 50.0 Å². The molecule has 0 fully saturated rings. The summed E-state index contributed by atoms with van der Waals surface area (Å²) >= 11 is 5.85. The second kappa shape index (κ2) is 7.97. The molecule has 0 bridgehead atoms. The van der Waals surface area contributed by atoms with Crippen molar-refractivity contribution in [1.29, 1.82) is 0 Å². The lowest BCUT2D eigenvalue weighted by Crippen LogP contribution is -2.18. The molecule has 0 aliphatic heterocycles. The number of nitrogens with one attached hydrogen (secondary N) is 1. The molecule has 0 amide bonds. The Hall–Kier alpha value is -1.32. The first-order valence-electron chi connectivity index (χ1n) is 6.75. The summed E-state index contributed by atoms with van der Waals surface area (Å²) in [7, 11) is 0. The van der Waals surface area contributed by atoms with Gasteiger partial charge in [0.1, 0.15) is 0 Å². The molecule has 4 heteroatoms. The van der Waals surface area contributed by atoms with E-state index in [4.69, 9.17) is 11.6 Å². The van der Waals surface area contributed by atoms with Crippen LogP contribution in [0.25, 0.3) is 0 Å². The number of halogens is 1. The van der Waals surface area contributed by atoms with Gasteiger partial charge < -0.3 is 9.88 Å². The van der Waals surface area contributed by atoms with Gasteiger partial charge in [0.2, 0.25) is 0 Å². The van der Waals surface area contributed by atoms with Gasteiger partial charge in [-0.15, -0.1) is 0 Å². The minimum Gasteiger partial charge on any atom is -0.337 e. The maximum Gasteiger partial charge on any atom is 0.0945 e. The molecule has 19 heavy (non-hydrogen) atoms. The highest BCUT2D eigenvalue weighted by atomic mass is 35.5. The van der Waals surface area contributed by atoms with Crippen molar-refractivity contribution in [2.75, 3.05) is 13.1 Å². The predicted molar refractivity (Wildman–Crippen MR) is 79.5 cm³/mol. The Morgan fingerprint density at radius 3 is 2.63 bits per heavy atom. The molecule has 2 aromatic rings. The van der Waals surface area contributed by atoms with Gasteiger partial charge in [0, 0.05) is 24.0 Å². The normalized spacial score (nSPS) is 10.8. The molecule has 2 rings (SSSR count). The van der Waals surface area contributed by atoms with Crippen LogP contribution in [0.1, 0.15) is 18.4 Å². The van der Waals surface area contributed by atoms with E-state index in [0.717, 1.165) is 43.9 Å². The Labute approximate surface area is 119 Å². The van der Waals surface area contributed by atoms with Gasteiger partial charge in [0.15, 0.2) is 0 Å². The number of aromatic nitrogens is 2. The average molecular weight is 278 g/mol. The maximum atomic E-state index is 5.85. The van der Waals surface area contributed by atoms with Crippen molar-refractivity contribution in [2.24, 2.45) is 0 Å². The monoisotopic (exact) mass is 277 g/mol. The van der Waals surface area contributed by atoms with E-state index >= 15 is 0 Å². The second-order valence-electron chi connectivity index (χ2n) is 4.63. The first-order chi connectivity index (χ1) is 9.34. The van der Waals surface area contributed by atoms with Gasteiger partial charge in [0.25, 0.3) is 0 Å². The van der Waals surface area contributed by atoms with Crippen LogP contribution in [0.3, 0.4) is 0 Å². The highest BCUT2D eigenvalue weighted by molar-refractivity contribution is 6.30. The Morgan fingerprint density at radius 1 is 1.11 bits per heavy atom. The lowest BCUT2D eigenvalue weighted by Gasteiger charge is -2.05. The minimum absolute atomic E-state index is 0.807. The fraction of sp³-hybridized carbons (Fsp3) is 0.400. The topological polar surface area (TPSA) is 29.9 Å². The number of aryl methyl sites for hydroxylation is 2. The van der Waals surface area contributed by atoms with Crippen molar-refractivity contribution in [3.63, 3.8) is 0 Å². The van der Waals surface area contributed by atoms with Gasteiger partial charge >= 0.3 is 0 Å². The maximum absolute atomic E-state index is 5.85.